The Balaban J connectivity index is 2.95. The van der Waals surface area contributed by atoms with Gasteiger partial charge in [0.15, 0.2) is 17.5 Å². The molecule has 0 saturated heterocycles. The van der Waals surface area contributed by atoms with Gasteiger partial charge in [-0.05, 0) is 32.9 Å². The van der Waals surface area contributed by atoms with Gasteiger partial charge in [-0.2, -0.15) is 5.26 Å². The number of benzene rings is 1. The smallest absolute Gasteiger partial charge is 0.263 e. The lowest BCUT2D eigenvalue weighted by Crippen LogP contribution is -2.41. The molecule has 0 fully saturated rings. The van der Waals surface area contributed by atoms with E-state index in [1.807, 2.05) is 0 Å². The van der Waals surface area contributed by atoms with Gasteiger partial charge < -0.3 is 10.6 Å². The van der Waals surface area contributed by atoms with E-state index in [9.17, 15) is 18.0 Å². The average molecular weight is 297 g/mol. The molecular weight excluding hydrogens is 283 g/mol. The van der Waals surface area contributed by atoms with Crippen LogP contribution >= 0.6 is 0 Å². The second-order valence-electron chi connectivity index (χ2n) is 5.24. The maximum atomic E-state index is 13.4. The highest BCUT2D eigenvalue weighted by Gasteiger charge is 2.18. The zero-order valence-electron chi connectivity index (χ0n) is 11.7. The van der Waals surface area contributed by atoms with Gasteiger partial charge in [-0.25, -0.2) is 13.2 Å². The number of nitrogens with one attached hydrogen (secondary N) is 2. The topological polar surface area (TPSA) is 64.9 Å². The lowest BCUT2D eigenvalue weighted by molar-refractivity contribution is -0.118. The first-order chi connectivity index (χ1) is 9.65. The summed E-state index contributed by atoms with van der Waals surface area (Å²) in [6.45, 7) is 5.17. The van der Waals surface area contributed by atoms with Crippen LogP contribution in [-0.4, -0.2) is 11.4 Å². The number of carbonyl (C=O) groups is 1. The van der Waals surface area contributed by atoms with Crippen LogP contribution in [-0.2, 0) is 4.79 Å². The Morgan fingerprint density at radius 2 is 1.86 bits per heavy atom. The summed E-state index contributed by atoms with van der Waals surface area (Å²) in [6, 6.07) is 3.33. The van der Waals surface area contributed by atoms with Gasteiger partial charge in [0.2, 0.25) is 0 Å². The Hall–Kier alpha value is -2.49. The van der Waals surface area contributed by atoms with Gasteiger partial charge in [0.1, 0.15) is 11.6 Å². The van der Waals surface area contributed by atoms with Crippen molar-refractivity contribution in [3.05, 3.63) is 41.4 Å². The summed E-state index contributed by atoms with van der Waals surface area (Å²) in [6.07, 6.45) is 0.927. The van der Waals surface area contributed by atoms with Gasteiger partial charge in [-0.3, -0.25) is 4.79 Å². The standard InChI is InChI=1S/C14H14F3N3O/c1-14(2,3)20-13(21)8(6-18)7-19-10-5-4-9(15)11(16)12(10)17/h4-5,7,19H,1-3H3,(H,20,21)/b8-7-. The molecule has 0 saturated carbocycles. The van der Waals surface area contributed by atoms with Gasteiger partial charge in [-0.15, -0.1) is 0 Å². The summed E-state index contributed by atoms with van der Waals surface area (Å²) >= 11 is 0. The van der Waals surface area contributed by atoms with Gasteiger partial charge in [0, 0.05) is 11.7 Å². The quantitative estimate of drug-likeness (QED) is 0.512. The fraction of sp³-hybridized carbons (Fsp3) is 0.286. The van der Waals surface area contributed by atoms with Crippen molar-refractivity contribution in [3.8, 4) is 6.07 Å². The molecule has 0 aliphatic heterocycles. The van der Waals surface area contributed by atoms with Crippen molar-refractivity contribution >= 4 is 11.6 Å². The molecule has 0 atom stereocenters. The van der Waals surface area contributed by atoms with E-state index in [1.54, 1.807) is 26.8 Å². The third kappa shape index (κ3) is 4.53. The Kier molecular flexibility index (Phi) is 4.97. The van der Waals surface area contributed by atoms with Gasteiger partial charge in [0.05, 0.1) is 5.69 Å². The van der Waals surface area contributed by atoms with Crippen molar-refractivity contribution in [2.75, 3.05) is 5.32 Å². The highest BCUT2D eigenvalue weighted by molar-refractivity contribution is 5.97. The third-order valence-electron chi connectivity index (χ3n) is 2.26. The molecule has 112 valence electrons. The van der Waals surface area contributed by atoms with E-state index >= 15 is 0 Å². The molecule has 1 aromatic rings. The molecule has 1 aromatic carbocycles. The van der Waals surface area contributed by atoms with Crippen molar-refractivity contribution in [2.45, 2.75) is 26.3 Å². The molecule has 0 aromatic heterocycles. The molecule has 21 heavy (non-hydrogen) atoms. The van der Waals surface area contributed by atoms with E-state index in [2.05, 4.69) is 10.6 Å². The van der Waals surface area contributed by atoms with E-state index in [4.69, 9.17) is 5.26 Å². The van der Waals surface area contributed by atoms with Crippen molar-refractivity contribution in [2.24, 2.45) is 0 Å². The minimum Gasteiger partial charge on any atom is -0.358 e. The van der Waals surface area contributed by atoms with E-state index < -0.39 is 28.9 Å². The number of hydrogen-bond acceptors (Lipinski definition) is 3. The van der Waals surface area contributed by atoms with Crippen LogP contribution in [0, 0.1) is 28.8 Å². The van der Waals surface area contributed by atoms with Crippen molar-refractivity contribution in [3.63, 3.8) is 0 Å². The molecule has 0 heterocycles. The minimum atomic E-state index is -1.63. The minimum absolute atomic E-state index is 0.325. The molecule has 0 aliphatic rings. The molecule has 0 spiro atoms. The van der Waals surface area contributed by atoms with Crippen LogP contribution in [0.2, 0.25) is 0 Å². The van der Waals surface area contributed by atoms with Crippen molar-refractivity contribution in [1.82, 2.24) is 5.32 Å². The first-order valence-electron chi connectivity index (χ1n) is 5.98. The Morgan fingerprint density at radius 3 is 2.38 bits per heavy atom. The number of halogens is 3. The number of rotatable bonds is 3. The van der Waals surface area contributed by atoms with Crippen molar-refractivity contribution in [1.29, 1.82) is 5.26 Å². The molecular formula is C14H14F3N3O. The van der Waals surface area contributed by atoms with Crippen LogP contribution in [0.5, 0.6) is 0 Å². The first kappa shape index (κ1) is 16.6. The van der Waals surface area contributed by atoms with Crippen LogP contribution in [0.4, 0.5) is 18.9 Å². The number of nitrogens with zero attached hydrogens (tertiary/aromatic N) is 1. The fourth-order valence-corrected chi connectivity index (χ4v) is 1.34. The number of anilines is 1. The van der Waals surface area contributed by atoms with Crippen LogP contribution in [0.15, 0.2) is 23.9 Å². The molecule has 7 heteroatoms. The maximum absolute atomic E-state index is 13.4. The molecule has 4 nitrogen and oxygen atoms in total. The highest BCUT2D eigenvalue weighted by Crippen LogP contribution is 2.19. The van der Waals surface area contributed by atoms with Crippen LogP contribution in [0.25, 0.3) is 0 Å². The molecule has 2 N–H and O–H groups in total. The van der Waals surface area contributed by atoms with E-state index in [1.165, 1.54) is 0 Å². The number of amides is 1. The summed E-state index contributed by atoms with van der Waals surface area (Å²) in [5.74, 6) is -5.06. The first-order valence-corrected chi connectivity index (χ1v) is 5.98. The summed E-state index contributed by atoms with van der Waals surface area (Å²) in [7, 11) is 0. The molecule has 0 radical (unpaired) electrons. The van der Waals surface area contributed by atoms with Gasteiger partial charge in [-0.1, -0.05) is 0 Å². The van der Waals surface area contributed by atoms with Crippen LogP contribution in [0.3, 0.4) is 0 Å². The van der Waals surface area contributed by atoms with E-state index in [0.717, 1.165) is 18.3 Å². The van der Waals surface area contributed by atoms with Crippen molar-refractivity contribution < 1.29 is 18.0 Å². The molecule has 0 bridgehead atoms. The maximum Gasteiger partial charge on any atom is 0.263 e. The predicted molar refractivity (Wildman–Crippen MR) is 71.5 cm³/mol. The molecule has 0 aliphatic carbocycles. The Morgan fingerprint density at radius 1 is 1.24 bits per heavy atom. The van der Waals surface area contributed by atoms with Crippen LogP contribution < -0.4 is 10.6 Å². The second-order valence-corrected chi connectivity index (χ2v) is 5.24. The summed E-state index contributed by atoms with van der Waals surface area (Å²) in [5, 5.41) is 13.7. The largest absolute Gasteiger partial charge is 0.358 e. The number of carbonyl (C=O) groups excluding carboxylic acids is 1. The predicted octanol–water partition coefficient (Wildman–Crippen LogP) is 2.84. The normalized spacial score (nSPS) is 11.8. The monoisotopic (exact) mass is 297 g/mol. The molecule has 1 rings (SSSR count). The lowest BCUT2D eigenvalue weighted by atomic mass is 10.1. The second kappa shape index (κ2) is 6.31. The zero-order valence-corrected chi connectivity index (χ0v) is 11.7. The van der Waals surface area contributed by atoms with Gasteiger partial charge in [0.25, 0.3) is 5.91 Å². The number of nitriles is 1. The lowest BCUT2D eigenvalue weighted by Gasteiger charge is -2.20. The Bertz CT molecular complexity index is 628. The third-order valence-corrected chi connectivity index (χ3v) is 2.26. The number of hydrogen-bond donors (Lipinski definition) is 2. The fourth-order valence-electron chi connectivity index (χ4n) is 1.34. The summed E-state index contributed by atoms with van der Waals surface area (Å²) in [5.41, 5.74) is -1.26. The summed E-state index contributed by atoms with van der Waals surface area (Å²) in [4.78, 5) is 11.7. The Labute approximate surface area is 120 Å². The molecule has 1 amide bonds. The highest BCUT2D eigenvalue weighted by atomic mass is 19.2. The average Bonchev–Trinajstić information content (AvgIpc) is 2.37. The van der Waals surface area contributed by atoms with E-state index in [0.29, 0.717) is 0 Å². The summed E-state index contributed by atoms with van der Waals surface area (Å²) < 4.78 is 39.2. The zero-order chi connectivity index (χ0) is 16.2. The SMILES string of the molecule is CC(C)(C)NC(=O)/C(C#N)=C\Nc1ccc(F)c(F)c1F. The van der Waals surface area contributed by atoms with Gasteiger partial charge >= 0.3 is 0 Å². The van der Waals surface area contributed by atoms with Crippen LogP contribution in [0.1, 0.15) is 20.8 Å². The van der Waals surface area contributed by atoms with E-state index in [-0.39, 0.29) is 11.3 Å². The molecule has 0 unspecified atom stereocenters.